The molecule has 0 fully saturated rings. The van der Waals surface area contributed by atoms with Gasteiger partial charge in [-0.3, -0.25) is 0 Å². The normalized spacial score (nSPS) is 15.4. The number of fused-ring (bicyclic) bond motifs is 1. The zero-order valence-corrected chi connectivity index (χ0v) is 14.2. The maximum Gasteiger partial charge on any atom is 0.161 e. The minimum absolute atomic E-state index is 0.00847. The smallest absolute Gasteiger partial charge is 0.161 e. The molecule has 0 amide bonds. The molecular weight excluding hydrogens is 375 g/mol. The summed E-state index contributed by atoms with van der Waals surface area (Å²) >= 11 is 15.8. The molecule has 5 heteroatoms. The lowest BCUT2D eigenvalue weighted by Crippen LogP contribution is -1.97. The number of alkyl halides is 1. The highest BCUT2D eigenvalue weighted by Gasteiger charge is 2.16. The number of rotatable bonds is 2. The molecule has 0 bridgehead atoms. The first-order chi connectivity index (χ1) is 10.1. The van der Waals surface area contributed by atoms with Crippen LogP contribution in [0.2, 0.25) is 10.0 Å². The van der Waals surface area contributed by atoms with Crippen molar-refractivity contribution in [2.75, 3.05) is 13.2 Å². The highest BCUT2D eigenvalue weighted by atomic mass is 79.9. The second kappa shape index (κ2) is 6.47. The van der Waals surface area contributed by atoms with Crippen molar-refractivity contribution < 1.29 is 9.47 Å². The van der Waals surface area contributed by atoms with Crippen molar-refractivity contribution in [2.45, 2.75) is 11.2 Å². The van der Waals surface area contributed by atoms with Crippen LogP contribution in [0.3, 0.4) is 0 Å². The molecule has 0 radical (unpaired) electrons. The van der Waals surface area contributed by atoms with Crippen LogP contribution in [0.5, 0.6) is 11.5 Å². The zero-order valence-electron chi connectivity index (χ0n) is 11.1. The molecular formula is C16H13BrCl2O2. The third-order valence-electron chi connectivity index (χ3n) is 3.24. The molecule has 1 unspecified atom stereocenters. The monoisotopic (exact) mass is 386 g/mol. The van der Waals surface area contributed by atoms with Gasteiger partial charge in [0.05, 0.1) is 18.0 Å². The van der Waals surface area contributed by atoms with Crippen LogP contribution in [0.4, 0.5) is 0 Å². The average molecular weight is 388 g/mol. The summed E-state index contributed by atoms with van der Waals surface area (Å²) in [7, 11) is 0. The Morgan fingerprint density at radius 2 is 1.52 bits per heavy atom. The molecule has 110 valence electrons. The van der Waals surface area contributed by atoms with Gasteiger partial charge < -0.3 is 9.47 Å². The van der Waals surface area contributed by atoms with E-state index >= 15 is 0 Å². The molecule has 0 saturated heterocycles. The van der Waals surface area contributed by atoms with Gasteiger partial charge in [-0.25, -0.2) is 0 Å². The molecule has 1 aliphatic heterocycles. The minimum atomic E-state index is -0.00847. The SMILES string of the molecule is Clc1cc(Cl)cc(C(Br)c2ccc3c(c2)OCCCO3)c1. The molecule has 0 aromatic heterocycles. The molecule has 0 N–H and O–H groups in total. The van der Waals surface area contributed by atoms with Crippen LogP contribution in [-0.2, 0) is 0 Å². The molecule has 0 spiro atoms. The summed E-state index contributed by atoms with van der Waals surface area (Å²) in [6, 6.07) is 11.5. The van der Waals surface area contributed by atoms with E-state index in [1.54, 1.807) is 6.07 Å². The molecule has 1 heterocycles. The maximum absolute atomic E-state index is 6.07. The van der Waals surface area contributed by atoms with E-state index in [0.29, 0.717) is 23.3 Å². The fourth-order valence-electron chi connectivity index (χ4n) is 2.25. The summed E-state index contributed by atoms with van der Waals surface area (Å²) in [5.74, 6) is 1.57. The molecule has 2 aromatic carbocycles. The second-order valence-corrected chi connectivity index (χ2v) is 6.61. The van der Waals surface area contributed by atoms with Crippen molar-refractivity contribution in [1.29, 1.82) is 0 Å². The van der Waals surface area contributed by atoms with E-state index in [1.807, 2.05) is 30.3 Å². The summed E-state index contributed by atoms with van der Waals surface area (Å²) in [4.78, 5) is -0.00847. The van der Waals surface area contributed by atoms with Crippen molar-refractivity contribution in [3.63, 3.8) is 0 Å². The fraction of sp³-hybridized carbons (Fsp3) is 0.250. The number of ether oxygens (including phenoxy) is 2. The zero-order chi connectivity index (χ0) is 14.8. The largest absolute Gasteiger partial charge is 0.490 e. The van der Waals surface area contributed by atoms with E-state index in [1.165, 1.54) is 0 Å². The van der Waals surface area contributed by atoms with Gasteiger partial charge in [0.15, 0.2) is 11.5 Å². The summed E-state index contributed by atoms with van der Waals surface area (Å²) in [6.45, 7) is 1.36. The molecule has 2 nitrogen and oxygen atoms in total. The van der Waals surface area contributed by atoms with Gasteiger partial charge in [0, 0.05) is 16.5 Å². The topological polar surface area (TPSA) is 18.5 Å². The molecule has 0 saturated carbocycles. The van der Waals surface area contributed by atoms with Crippen LogP contribution < -0.4 is 9.47 Å². The molecule has 1 aliphatic rings. The Bertz CT molecular complexity index is 640. The van der Waals surface area contributed by atoms with Gasteiger partial charge in [-0.15, -0.1) is 0 Å². The van der Waals surface area contributed by atoms with E-state index < -0.39 is 0 Å². The van der Waals surface area contributed by atoms with Crippen molar-refractivity contribution >= 4 is 39.1 Å². The summed E-state index contributed by atoms with van der Waals surface area (Å²) in [5.41, 5.74) is 2.07. The first-order valence-corrected chi connectivity index (χ1v) is 8.30. The van der Waals surface area contributed by atoms with Crippen LogP contribution in [0.25, 0.3) is 0 Å². The lowest BCUT2D eigenvalue weighted by molar-refractivity contribution is 0.297. The standard InChI is InChI=1S/C16H13BrCl2O2/c17-16(11-6-12(18)9-13(19)7-11)10-2-3-14-15(8-10)21-5-1-4-20-14/h2-3,6-9,16H,1,4-5H2. The lowest BCUT2D eigenvalue weighted by atomic mass is 10.0. The summed E-state index contributed by atoms with van der Waals surface area (Å²) < 4.78 is 11.4. The average Bonchev–Trinajstić information content (AvgIpc) is 2.69. The third-order valence-corrected chi connectivity index (χ3v) is 4.74. The van der Waals surface area contributed by atoms with E-state index in [-0.39, 0.29) is 4.83 Å². The Labute approximate surface area is 142 Å². The van der Waals surface area contributed by atoms with Crippen LogP contribution >= 0.6 is 39.1 Å². The number of hydrogen-bond donors (Lipinski definition) is 0. The summed E-state index contributed by atoms with van der Waals surface area (Å²) in [6.07, 6.45) is 0.894. The Morgan fingerprint density at radius 1 is 0.857 bits per heavy atom. The van der Waals surface area contributed by atoms with Crippen LogP contribution in [0.1, 0.15) is 22.4 Å². The third kappa shape index (κ3) is 3.47. The van der Waals surface area contributed by atoms with Crippen LogP contribution in [0, 0.1) is 0 Å². The van der Waals surface area contributed by atoms with Gasteiger partial charge in [0.25, 0.3) is 0 Å². The van der Waals surface area contributed by atoms with E-state index in [0.717, 1.165) is 29.0 Å². The number of hydrogen-bond acceptors (Lipinski definition) is 2. The van der Waals surface area contributed by atoms with E-state index in [9.17, 15) is 0 Å². The Hall–Kier alpha value is -0.900. The van der Waals surface area contributed by atoms with Crippen LogP contribution in [0.15, 0.2) is 36.4 Å². The van der Waals surface area contributed by atoms with Gasteiger partial charge in [0.1, 0.15) is 0 Å². The van der Waals surface area contributed by atoms with Gasteiger partial charge in [-0.1, -0.05) is 45.2 Å². The predicted octanol–water partition coefficient (Wildman–Crippen LogP) is 5.64. The molecule has 3 rings (SSSR count). The maximum atomic E-state index is 6.07. The van der Waals surface area contributed by atoms with Gasteiger partial charge in [0.2, 0.25) is 0 Å². The Balaban J connectivity index is 1.94. The lowest BCUT2D eigenvalue weighted by Gasteiger charge is -2.14. The highest BCUT2D eigenvalue weighted by Crippen LogP contribution is 2.38. The first-order valence-electron chi connectivity index (χ1n) is 6.63. The molecule has 21 heavy (non-hydrogen) atoms. The van der Waals surface area contributed by atoms with Crippen molar-refractivity contribution in [2.24, 2.45) is 0 Å². The summed E-state index contributed by atoms with van der Waals surface area (Å²) in [5, 5.41) is 1.24. The Morgan fingerprint density at radius 3 is 2.24 bits per heavy atom. The number of benzene rings is 2. The van der Waals surface area contributed by atoms with E-state index in [2.05, 4.69) is 15.9 Å². The highest BCUT2D eigenvalue weighted by molar-refractivity contribution is 9.09. The van der Waals surface area contributed by atoms with Gasteiger partial charge >= 0.3 is 0 Å². The van der Waals surface area contributed by atoms with Gasteiger partial charge in [-0.2, -0.15) is 0 Å². The second-order valence-electron chi connectivity index (χ2n) is 4.82. The quantitative estimate of drug-likeness (QED) is 0.621. The molecule has 2 aromatic rings. The van der Waals surface area contributed by atoms with Crippen molar-refractivity contribution in [1.82, 2.24) is 0 Å². The Kier molecular flexibility index (Phi) is 4.63. The molecule has 0 aliphatic carbocycles. The van der Waals surface area contributed by atoms with Crippen molar-refractivity contribution in [3.05, 3.63) is 57.6 Å². The van der Waals surface area contributed by atoms with Crippen molar-refractivity contribution in [3.8, 4) is 11.5 Å². The first kappa shape index (κ1) is 15.0. The van der Waals surface area contributed by atoms with E-state index in [4.69, 9.17) is 32.7 Å². The minimum Gasteiger partial charge on any atom is -0.490 e. The fourth-order valence-corrected chi connectivity index (χ4v) is 3.34. The predicted molar refractivity (Wildman–Crippen MR) is 89.3 cm³/mol. The van der Waals surface area contributed by atoms with Gasteiger partial charge in [-0.05, 0) is 41.5 Å². The number of halogens is 3. The van der Waals surface area contributed by atoms with Crippen LogP contribution in [-0.4, -0.2) is 13.2 Å². The molecule has 1 atom stereocenters.